The highest BCUT2D eigenvalue weighted by atomic mass is 16.4. The van der Waals surface area contributed by atoms with Crippen LogP contribution in [-0.2, 0) is 4.79 Å². The van der Waals surface area contributed by atoms with E-state index in [1.807, 2.05) is 0 Å². The molecular formula is C9H17NO3. The van der Waals surface area contributed by atoms with Crippen LogP contribution in [0.25, 0.3) is 0 Å². The number of carboxylic acids is 1. The number of hydrogen-bond donors (Lipinski definition) is 2. The van der Waals surface area contributed by atoms with Gasteiger partial charge in [-0.2, -0.15) is 0 Å². The van der Waals surface area contributed by atoms with Crippen LogP contribution in [0.2, 0.25) is 0 Å². The molecule has 0 rings (SSSR count). The fraction of sp³-hybridized carbons (Fsp3) is 0.667. The third-order valence-electron chi connectivity index (χ3n) is 1.42. The first-order valence-corrected chi connectivity index (χ1v) is 4.04. The molecule has 0 saturated heterocycles. The maximum absolute atomic E-state index is 10.4. The number of aliphatic carboxylic acids is 1. The van der Waals surface area contributed by atoms with Crippen molar-refractivity contribution >= 4 is 5.97 Å². The third-order valence-corrected chi connectivity index (χ3v) is 1.42. The number of aliphatic hydroxyl groups is 1. The number of carboxylic acid groups (broad SMARTS) is 1. The molecule has 76 valence electrons. The van der Waals surface area contributed by atoms with Crippen molar-refractivity contribution in [3.8, 4) is 0 Å². The number of nitrogens with zero attached hydrogens (tertiary/aromatic N) is 1. The molecule has 0 radical (unpaired) electrons. The van der Waals surface area contributed by atoms with Crippen molar-refractivity contribution in [2.24, 2.45) is 0 Å². The minimum Gasteiger partial charge on any atom is -0.478 e. The Kier molecular flexibility index (Phi) is 4.10. The zero-order valence-corrected chi connectivity index (χ0v) is 8.37. The number of carbonyl (C=O) groups is 1. The van der Waals surface area contributed by atoms with Gasteiger partial charge in [0.2, 0.25) is 0 Å². The van der Waals surface area contributed by atoms with Gasteiger partial charge in [-0.05, 0) is 20.9 Å². The van der Waals surface area contributed by atoms with E-state index in [-0.39, 0.29) is 12.1 Å². The van der Waals surface area contributed by atoms with Gasteiger partial charge in [0.15, 0.2) is 0 Å². The van der Waals surface area contributed by atoms with Crippen LogP contribution in [0.5, 0.6) is 0 Å². The first kappa shape index (κ1) is 12.1. The van der Waals surface area contributed by atoms with Crippen molar-refractivity contribution in [2.75, 3.05) is 20.1 Å². The van der Waals surface area contributed by atoms with Crippen molar-refractivity contribution in [1.29, 1.82) is 0 Å². The van der Waals surface area contributed by atoms with Crippen LogP contribution >= 0.6 is 0 Å². The molecule has 0 aliphatic heterocycles. The molecule has 0 aromatic carbocycles. The summed E-state index contributed by atoms with van der Waals surface area (Å²) in [4.78, 5) is 12.1. The molecule has 4 heteroatoms. The van der Waals surface area contributed by atoms with Crippen LogP contribution in [0.1, 0.15) is 13.8 Å². The molecule has 4 nitrogen and oxygen atoms in total. The molecular weight excluding hydrogens is 170 g/mol. The second-order valence-corrected chi connectivity index (χ2v) is 3.89. The molecule has 0 unspecified atom stereocenters. The minimum atomic E-state index is -0.998. The summed E-state index contributed by atoms with van der Waals surface area (Å²) in [5.41, 5.74) is -0.681. The molecule has 0 aliphatic rings. The molecule has 0 heterocycles. The summed E-state index contributed by atoms with van der Waals surface area (Å²) in [6, 6.07) is 0. The lowest BCUT2D eigenvalue weighted by atomic mass is 10.1. The van der Waals surface area contributed by atoms with Gasteiger partial charge in [0.25, 0.3) is 0 Å². The first-order chi connectivity index (χ1) is 5.72. The van der Waals surface area contributed by atoms with E-state index < -0.39 is 11.6 Å². The molecule has 0 fully saturated rings. The minimum absolute atomic E-state index is 0.131. The number of hydrogen-bond acceptors (Lipinski definition) is 3. The van der Waals surface area contributed by atoms with Crippen LogP contribution < -0.4 is 0 Å². The van der Waals surface area contributed by atoms with Gasteiger partial charge in [-0.15, -0.1) is 0 Å². The molecule has 0 aromatic heterocycles. The van der Waals surface area contributed by atoms with Crippen LogP contribution in [0.3, 0.4) is 0 Å². The molecule has 13 heavy (non-hydrogen) atoms. The maximum Gasteiger partial charge on any atom is 0.332 e. The van der Waals surface area contributed by atoms with E-state index in [4.69, 9.17) is 5.11 Å². The molecule has 2 N–H and O–H groups in total. The Morgan fingerprint density at radius 2 is 2.00 bits per heavy atom. The fourth-order valence-corrected chi connectivity index (χ4v) is 1.11. The van der Waals surface area contributed by atoms with E-state index in [0.29, 0.717) is 6.54 Å². The lowest BCUT2D eigenvalue weighted by Crippen LogP contribution is -2.37. The molecule has 0 aliphatic carbocycles. The Hall–Kier alpha value is -0.870. The first-order valence-electron chi connectivity index (χ1n) is 4.04. The second kappa shape index (κ2) is 4.39. The Balaban J connectivity index is 3.95. The van der Waals surface area contributed by atoms with Gasteiger partial charge in [-0.3, -0.25) is 4.90 Å². The van der Waals surface area contributed by atoms with Crippen molar-refractivity contribution in [2.45, 2.75) is 19.4 Å². The van der Waals surface area contributed by atoms with Crippen LogP contribution in [-0.4, -0.2) is 46.8 Å². The molecule has 0 bridgehead atoms. The summed E-state index contributed by atoms with van der Waals surface area (Å²) in [7, 11) is 1.74. The van der Waals surface area contributed by atoms with E-state index in [1.165, 1.54) is 0 Å². The van der Waals surface area contributed by atoms with Crippen molar-refractivity contribution in [3.05, 3.63) is 12.2 Å². The van der Waals surface area contributed by atoms with Gasteiger partial charge in [0.05, 0.1) is 5.60 Å². The maximum atomic E-state index is 10.4. The van der Waals surface area contributed by atoms with Gasteiger partial charge in [0.1, 0.15) is 0 Å². The standard InChI is InChI=1S/C9H17NO3/c1-7(8(11)12)5-10(4)6-9(2,3)13/h13H,1,5-6H2,2-4H3,(H,11,12). The zero-order valence-electron chi connectivity index (χ0n) is 8.37. The lowest BCUT2D eigenvalue weighted by molar-refractivity contribution is -0.133. The number of rotatable bonds is 5. The molecule has 0 amide bonds. The molecule has 0 spiro atoms. The van der Waals surface area contributed by atoms with Crippen LogP contribution in [0, 0.1) is 0 Å². The highest BCUT2D eigenvalue weighted by Crippen LogP contribution is 2.04. The quantitative estimate of drug-likeness (QED) is 0.609. The Labute approximate surface area is 78.5 Å². The van der Waals surface area contributed by atoms with Gasteiger partial charge in [0, 0.05) is 18.7 Å². The van der Waals surface area contributed by atoms with Gasteiger partial charge >= 0.3 is 5.97 Å². The highest BCUT2D eigenvalue weighted by Gasteiger charge is 2.17. The molecule has 0 atom stereocenters. The topological polar surface area (TPSA) is 60.8 Å². The Morgan fingerprint density at radius 3 is 2.31 bits per heavy atom. The van der Waals surface area contributed by atoms with Gasteiger partial charge in [-0.25, -0.2) is 4.79 Å². The summed E-state index contributed by atoms with van der Waals surface area (Å²) < 4.78 is 0. The average Bonchev–Trinajstić information content (AvgIpc) is 1.81. The molecule has 0 saturated carbocycles. The number of likely N-dealkylation sites (N-methyl/N-ethyl adjacent to an activating group) is 1. The summed E-state index contributed by atoms with van der Waals surface area (Å²) in [5.74, 6) is -0.998. The molecule has 0 aromatic rings. The smallest absolute Gasteiger partial charge is 0.332 e. The predicted octanol–water partition coefficient (Wildman–Crippen LogP) is 0.330. The summed E-state index contributed by atoms with van der Waals surface area (Å²) in [6.45, 7) is 7.43. The van der Waals surface area contributed by atoms with Crippen LogP contribution in [0.4, 0.5) is 0 Å². The Morgan fingerprint density at radius 1 is 1.54 bits per heavy atom. The summed E-state index contributed by atoms with van der Waals surface area (Å²) in [5, 5.41) is 18.0. The van der Waals surface area contributed by atoms with Crippen molar-refractivity contribution in [1.82, 2.24) is 4.90 Å². The monoisotopic (exact) mass is 187 g/mol. The van der Waals surface area contributed by atoms with E-state index in [9.17, 15) is 9.90 Å². The van der Waals surface area contributed by atoms with E-state index in [0.717, 1.165) is 0 Å². The summed E-state index contributed by atoms with van der Waals surface area (Å²) in [6.07, 6.45) is 0. The predicted molar refractivity (Wildman–Crippen MR) is 50.6 cm³/mol. The highest BCUT2D eigenvalue weighted by molar-refractivity contribution is 5.86. The fourth-order valence-electron chi connectivity index (χ4n) is 1.11. The lowest BCUT2D eigenvalue weighted by Gasteiger charge is -2.25. The van der Waals surface area contributed by atoms with E-state index in [2.05, 4.69) is 6.58 Å². The SMILES string of the molecule is C=C(CN(C)CC(C)(C)O)C(=O)O. The van der Waals surface area contributed by atoms with E-state index >= 15 is 0 Å². The van der Waals surface area contributed by atoms with Gasteiger partial charge < -0.3 is 10.2 Å². The average molecular weight is 187 g/mol. The van der Waals surface area contributed by atoms with Gasteiger partial charge in [-0.1, -0.05) is 6.58 Å². The Bertz CT molecular complexity index is 205. The normalized spacial score (nSPS) is 11.8. The summed E-state index contributed by atoms with van der Waals surface area (Å²) >= 11 is 0. The van der Waals surface area contributed by atoms with Crippen molar-refractivity contribution in [3.63, 3.8) is 0 Å². The largest absolute Gasteiger partial charge is 0.478 e. The van der Waals surface area contributed by atoms with Crippen LogP contribution in [0.15, 0.2) is 12.2 Å². The van der Waals surface area contributed by atoms with E-state index in [1.54, 1.807) is 25.8 Å². The zero-order chi connectivity index (χ0) is 10.6. The third kappa shape index (κ3) is 6.31. The van der Waals surface area contributed by atoms with Crippen molar-refractivity contribution < 1.29 is 15.0 Å². The second-order valence-electron chi connectivity index (χ2n) is 3.89.